The summed E-state index contributed by atoms with van der Waals surface area (Å²) in [6.45, 7) is 7.03. The van der Waals surface area contributed by atoms with Crippen LogP contribution in [0.5, 0.6) is 0 Å². The first-order chi connectivity index (χ1) is 18.9. The fraction of sp³-hybridized carbons (Fsp3) is 0.724. The van der Waals surface area contributed by atoms with Crippen molar-refractivity contribution in [2.24, 2.45) is 10.8 Å². The van der Waals surface area contributed by atoms with Crippen LogP contribution in [0.25, 0.3) is 0 Å². The van der Waals surface area contributed by atoms with Crippen LogP contribution >= 0.6 is 0 Å². The van der Waals surface area contributed by atoms with E-state index >= 15 is 0 Å². The second-order valence-electron chi connectivity index (χ2n) is 12.5. The molecule has 0 radical (unpaired) electrons. The molecule has 2 bridgehead atoms. The number of hydrogen-bond acceptors (Lipinski definition) is 11. The quantitative estimate of drug-likeness (QED) is 0.232. The minimum atomic E-state index is -1.22. The number of fused-ring (bicyclic) bond motifs is 1. The highest BCUT2D eigenvalue weighted by molar-refractivity contribution is 5.82. The molecular formula is C29H38O11. The monoisotopic (exact) mass is 562 g/mol. The summed E-state index contributed by atoms with van der Waals surface area (Å²) < 4.78 is 35.9. The van der Waals surface area contributed by atoms with Crippen molar-refractivity contribution < 1.29 is 53.3 Å². The van der Waals surface area contributed by atoms with Crippen LogP contribution in [0.2, 0.25) is 0 Å². The molecule has 0 aromatic carbocycles. The van der Waals surface area contributed by atoms with Gasteiger partial charge in [-0.1, -0.05) is 31.2 Å². The maximum absolute atomic E-state index is 13.3. The predicted octanol–water partition coefficient (Wildman–Crippen LogP) is 0.496. The van der Waals surface area contributed by atoms with E-state index in [2.05, 4.69) is 0 Å². The van der Waals surface area contributed by atoms with Crippen LogP contribution in [0.15, 0.2) is 36.0 Å². The van der Waals surface area contributed by atoms with E-state index in [0.717, 1.165) is 5.57 Å². The number of aliphatic hydroxyl groups is 3. The van der Waals surface area contributed by atoms with E-state index in [0.29, 0.717) is 13.0 Å². The molecule has 2 aliphatic carbocycles. The van der Waals surface area contributed by atoms with Gasteiger partial charge in [0.2, 0.25) is 0 Å². The van der Waals surface area contributed by atoms with Gasteiger partial charge in [0.05, 0.1) is 43.0 Å². The molecule has 2 spiro atoms. The van der Waals surface area contributed by atoms with Gasteiger partial charge in [0, 0.05) is 17.9 Å². The van der Waals surface area contributed by atoms with Crippen LogP contribution in [-0.2, 0) is 38.0 Å². The Morgan fingerprint density at radius 2 is 1.85 bits per heavy atom. The normalized spacial score (nSPS) is 52.6. The molecule has 4 heterocycles. The lowest BCUT2D eigenvalue weighted by Crippen LogP contribution is -2.68. The lowest BCUT2D eigenvalue weighted by Gasteiger charge is -2.58. The molecule has 1 unspecified atom stereocenters. The summed E-state index contributed by atoms with van der Waals surface area (Å²) in [4.78, 5) is 26.3. The number of epoxide rings is 2. The van der Waals surface area contributed by atoms with E-state index in [1.807, 2.05) is 19.9 Å². The number of rotatable bonds is 1. The van der Waals surface area contributed by atoms with E-state index in [1.54, 1.807) is 26.0 Å². The predicted molar refractivity (Wildman–Crippen MR) is 137 cm³/mol. The summed E-state index contributed by atoms with van der Waals surface area (Å²) in [6, 6.07) is 0. The smallest absolute Gasteiger partial charge is 0.338 e. The van der Waals surface area contributed by atoms with Crippen LogP contribution in [0.1, 0.15) is 40.5 Å². The highest BCUT2D eigenvalue weighted by atomic mass is 16.7. The molecular weight excluding hydrogens is 524 g/mol. The molecule has 11 nitrogen and oxygen atoms in total. The molecule has 4 fully saturated rings. The van der Waals surface area contributed by atoms with Crippen LogP contribution in [0.3, 0.4) is 0 Å². The number of carbonyl (C=O) groups is 2. The lowest BCUT2D eigenvalue weighted by molar-refractivity contribution is -0.239. The van der Waals surface area contributed by atoms with Crippen LogP contribution < -0.4 is 0 Å². The summed E-state index contributed by atoms with van der Waals surface area (Å²) in [7, 11) is 0. The highest BCUT2D eigenvalue weighted by Crippen LogP contribution is 2.72. The molecule has 11 heteroatoms. The molecule has 4 aliphatic heterocycles. The van der Waals surface area contributed by atoms with Crippen molar-refractivity contribution >= 4 is 11.9 Å². The first kappa shape index (κ1) is 28.0. The van der Waals surface area contributed by atoms with Gasteiger partial charge in [-0.25, -0.2) is 9.59 Å². The second kappa shape index (κ2) is 9.45. The number of esters is 2. The number of hydrogen-bond donors (Lipinski definition) is 3. The summed E-state index contributed by atoms with van der Waals surface area (Å²) in [6.07, 6.45) is 2.24. The SMILES string of the molecule is CC1=C[C@H]2O[C@@H]3C[C@H]4OC(=O)/C=C\C=C\[C@H]([C@@H](C)O)OC[C@H](O)[C@@]5(C)O[C@@H]5C(=O)OC[C@@]2(C[C@H]1O)[C@]4(C)C31CO1. The van der Waals surface area contributed by atoms with Gasteiger partial charge in [0.15, 0.2) is 6.10 Å². The summed E-state index contributed by atoms with van der Waals surface area (Å²) in [5, 5.41) is 31.9. The number of ether oxygens (including phenoxy) is 6. The Balaban J connectivity index is 1.38. The Bertz CT molecular complexity index is 1160. The van der Waals surface area contributed by atoms with Gasteiger partial charge >= 0.3 is 11.9 Å². The van der Waals surface area contributed by atoms with E-state index in [1.165, 1.54) is 12.2 Å². The zero-order valence-electron chi connectivity index (χ0n) is 23.1. The van der Waals surface area contributed by atoms with Crippen molar-refractivity contribution in [1.82, 2.24) is 0 Å². The van der Waals surface area contributed by atoms with Crippen LogP contribution in [0, 0.1) is 10.8 Å². The fourth-order valence-corrected chi connectivity index (χ4v) is 7.38. The third-order valence-electron chi connectivity index (χ3n) is 10.3. The third kappa shape index (κ3) is 3.97. The molecule has 6 rings (SSSR count). The first-order valence-electron chi connectivity index (χ1n) is 13.9. The molecule has 0 aromatic heterocycles. The number of aliphatic hydroxyl groups excluding tert-OH is 3. The Hall–Kier alpha value is -2.12. The van der Waals surface area contributed by atoms with E-state index < -0.39 is 76.7 Å². The van der Waals surface area contributed by atoms with Gasteiger partial charge in [-0.15, -0.1) is 0 Å². The molecule has 1 saturated carbocycles. The third-order valence-corrected chi connectivity index (χ3v) is 10.3. The Morgan fingerprint density at radius 1 is 1.10 bits per heavy atom. The zero-order chi connectivity index (χ0) is 28.7. The molecule has 12 atom stereocenters. The second-order valence-corrected chi connectivity index (χ2v) is 12.5. The molecule has 6 aliphatic rings. The van der Waals surface area contributed by atoms with Gasteiger partial charge in [-0.05, 0) is 32.8 Å². The Morgan fingerprint density at radius 3 is 2.55 bits per heavy atom. The maximum Gasteiger partial charge on any atom is 0.338 e. The fourth-order valence-electron chi connectivity index (χ4n) is 7.38. The molecule has 0 amide bonds. The van der Waals surface area contributed by atoms with Gasteiger partial charge in [-0.2, -0.15) is 0 Å². The van der Waals surface area contributed by atoms with Crippen molar-refractivity contribution in [2.75, 3.05) is 19.8 Å². The standard InChI is InChI=1S/C29H38O11/c1-15-9-21-28(11-17(15)31)13-36-25(34)24-26(3,40-24)19(32)12-35-18(16(2)30)7-5-6-8-23(33)39-20-10-22(38-21)29(14-37-29)27(20,28)4/h5-9,16-22,24,30-32H,10-14H2,1-4H3/b7-5+,8-6-/t16-,17-,18-,19+,20-,21-,22-,24-,26-,27-,28-,29?/m1/s1. The maximum atomic E-state index is 13.3. The molecule has 3 N–H and O–H groups in total. The topological polar surface area (TPSA) is 157 Å². The molecule has 40 heavy (non-hydrogen) atoms. The Labute approximate surface area is 232 Å². The number of cyclic esters (lactones) is 1. The van der Waals surface area contributed by atoms with Crippen molar-refractivity contribution in [3.8, 4) is 0 Å². The summed E-state index contributed by atoms with van der Waals surface area (Å²) in [5.74, 6) is -1.23. The van der Waals surface area contributed by atoms with Crippen molar-refractivity contribution in [1.29, 1.82) is 0 Å². The average molecular weight is 563 g/mol. The van der Waals surface area contributed by atoms with Crippen molar-refractivity contribution in [3.63, 3.8) is 0 Å². The molecule has 0 aromatic rings. The average Bonchev–Trinajstić information content (AvgIpc) is 3.81. The van der Waals surface area contributed by atoms with Crippen LogP contribution in [-0.4, -0.2) is 107 Å². The molecule has 220 valence electrons. The van der Waals surface area contributed by atoms with E-state index in [-0.39, 0.29) is 25.7 Å². The van der Waals surface area contributed by atoms with Gasteiger partial charge < -0.3 is 43.7 Å². The first-order valence-corrected chi connectivity index (χ1v) is 13.9. The highest BCUT2D eigenvalue weighted by Gasteiger charge is 2.83. The van der Waals surface area contributed by atoms with Gasteiger partial charge in [0.25, 0.3) is 0 Å². The summed E-state index contributed by atoms with van der Waals surface area (Å²) in [5.41, 5.74) is -3.03. The van der Waals surface area contributed by atoms with Gasteiger partial charge in [0.1, 0.15) is 36.1 Å². The number of allylic oxidation sites excluding steroid dienone is 2. The van der Waals surface area contributed by atoms with Gasteiger partial charge in [-0.3, -0.25) is 0 Å². The molecule has 3 saturated heterocycles. The van der Waals surface area contributed by atoms with E-state index in [9.17, 15) is 24.9 Å². The minimum absolute atomic E-state index is 0.134. The van der Waals surface area contributed by atoms with Crippen molar-refractivity contribution in [2.45, 2.75) is 101 Å². The number of carbonyl (C=O) groups excluding carboxylic acids is 2. The van der Waals surface area contributed by atoms with Crippen molar-refractivity contribution in [3.05, 3.63) is 36.0 Å². The minimum Gasteiger partial charge on any atom is -0.463 e. The van der Waals surface area contributed by atoms with Crippen LogP contribution in [0.4, 0.5) is 0 Å². The van der Waals surface area contributed by atoms with E-state index in [4.69, 9.17) is 28.4 Å². The lowest BCUT2D eigenvalue weighted by atomic mass is 9.51. The Kier molecular flexibility index (Phi) is 6.62. The largest absolute Gasteiger partial charge is 0.463 e. The summed E-state index contributed by atoms with van der Waals surface area (Å²) >= 11 is 0. The zero-order valence-corrected chi connectivity index (χ0v) is 23.1.